The molecule has 6 nitrogen and oxygen atoms in total. The summed E-state index contributed by atoms with van der Waals surface area (Å²) in [4.78, 5) is 18.6. The smallest absolute Gasteiger partial charge is 0.248 e. The minimum atomic E-state index is -0.321. The normalized spacial score (nSPS) is 11.0. The van der Waals surface area contributed by atoms with E-state index in [4.69, 9.17) is 9.26 Å². The zero-order valence-corrected chi connectivity index (χ0v) is 16.5. The van der Waals surface area contributed by atoms with Gasteiger partial charge in [0.05, 0.1) is 6.61 Å². The molecule has 0 atom stereocenters. The Kier molecular flexibility index (Phi) is 7.08. The van der Waals surface area contributed by atoms with Crippen LogP contribution in [0.5, 0.6) is 0 Å². The second-order valence-electron chi connectivity index (χ2n) is 6.93. The number of ether oxygens (including phenoxy) is 1. The van der Waals surface area contributed by atoms with Crippen molar-refractivity contribution in [2.75, 3.05) is 13.2 Å². The third-order valence-electron chi connectivity index (χ3n) is 4.42. The summed E-state index contributed by atoms with van der Waals surface area (Å²) < 4.78 is 23.9. The summed E-state index contributed by atoms with van der Waals surface area (Å²) in [7, 11) is 0. The molecule has 7 heteroatoms. The number of hydrogen-bond donors (Lipinski definition) is 0. The van der Waals surface area contributed by atoms with E-state index in [0.29, 0.717) is 36.9 Å². The van der Waals surface area contributed by atoms with Crippen molar-refractivity contribution in [1.82, 2.24) is 15.0 Å². The minimum Gasteiger partial charge on any atom is -0.367 e. The highest BCUT2D eigenvalue weighted by Gasteiger charge is 2.18. The van der Waals surface area contributed by atoms with Gasteiger partial charge < -0.3 is 14.2 Å². The number of nitrogens with zero attached hydrogens (tertiary/aromatic N) is 3. The fourth-order valence-corrected chi connectivity index (χ4v) is 2.87. The number of carbonyl (C=O) groups is 1. The lowest BCUT2D eigenvalue weighted by Crippen LogP contribution is -2.40. The number of hydrogen-bond acceptors (Lipinski definition) is 5. The summed E-state index contributed by atoms with van der Waals surface area (Å²) in [5.41, 5.74) is 1.70. The maximum Gasteiger partial charge on any atom is 0.248 e. The maximum atomic E-state index is 13.0. The van der Waals surface area contributed by atoms with E-state index in [0.717, 1.165) is 5.56 Å². The molecule has 3 rings (SSSR count). The first-order valence-electron chi connectivity index (χ1n) is 9.52. The van der Waals surface area contributed by atoms with Gasteiger partial charge in [0, 0.05) is 24.6 Å². The van der Waals surface area contributed by atoms with Crippen molar-refractivity contribution in [3.63, 3.8) is 0 Å². The maximum absolute atomic E-state index is 13.0. The van der Waals surface area contributed by atoms with Gasteiger partial charge in [-0.1, -0.05) is 35.5 Å². The summed E-state index contributed by atoms with van der Waals surface area (Å²) in [6.45, 7) is 4.75. The lowest BCUT2D eigenvalue weighted by atomic mass is 10.2. The first-order valence-corrected chi connectivity index (χ1v) is 9.52. The van der Waals surface area contributed by atoms with Crippen LogP contribution in [-0.4, -0.2) is 40.1 Å². The van der Waals surface area contributed by atoms with E-state index in [2.05, 4.69) is 10.1 Å². The molecule has 0 saturated heterocycles. The lowest BCUT2D eigenvalue weighted by Gasteiger charge is -2.26. The van der Waals surface area contributed by atoms with Gasteiger partial charge >= 0.3 is 0 Å². The van der Waals surface area contributed by atoms with Crippen LogP contribution in [0.1, 0.15) is 25.3 Å². The van der Waals surface area contributed by atoms with Crippen molar-refractivity contribution >= 4 is 5.91 Å². The molecule has 1 heterocycles. The zero-order chi connectivity index (χ0) is 20.6. The van der Waals surface area contributed by atoms with Crippen molar-refractivity contribution in [3.8, 4) is 11.4 Å². The summed E-state index contributed by atoms with van der Waals surface area (Å²) >= 11 is 0. The molecular formula is C22H24FN3O3. The standard InChI is InChI=1S/C22H24FN3O3/c1-16(2)26(21(27)15-28-14-17-6-4-3-5-7-17)13-12-20-24-22(25-29-20)18-8-10-19(23)11-9-18/h3-11,16H,12-15H2,1-2H3. The summed E-state index contributed by atoms with van der Waals surface area (Å²) in [5, 5.41) is 3.93. The van der Waals surface area contributed by atoms with Crippen molar-refractivity contribution in [3.05, 3.63) is 71.9 Å². The highest BCUT2D eigenvalue weighted by atomic mass is 19.1. The van der Waals surface area contributed by atoms with Gasteiger partial charge in [0.2, 0.25) is 17.6 Å². The van der Waals surface area contributed by atoms with Crippen LogP contribution >= 0.6 is 0 Å². The average molecular weight is 397 g/mol. The molecule has 0 bridgehead atoms. The Balaban J connectivity index is 1.52. The number of carbonyl (C=O) groups excluding carboxylic acids is 1. The molecule has 152 valence electrons. The summed E-state index contributed by atoms with van der Waals surface area (Å²) in [6.07, 6.45) is 0.427. The third kappa shape index (κ3) is 5.96. The second-order valence-corrected chi connectivity index (χ2v) is 6.93. The SMILES string of the molecule is CC(C)N(CCc1nc(-c2ccc(F)cc2)no1)C(=O)COCc1ccccc1. The van der Waals surface area contributed by atoms with E-state index in [1.165, 1.54) is 12.1 Å². The first-order chi connectivity index (χ1) is 14.0. The number of amides is 1. The molecule has 0 N–H and O–H groups in total. The molecule has 0 saturated carbocycles. The van der Waals surface area contributed by atoms with Gasteiger partial charge in [-0.3, -0.25) is 4.79 Å². The fourth-order valence-electron chi connectivity index (χ4n) is 2.87. The van der Waals surface area contributed by atoms with E-state index in [9.17, 15) is 9.18 Å². The molecule has 3 aromatic rings. The van der Waals surface area contributed by atoms with Crippen LogP contribution in [0.3, 0.4) is 0 Å². The highest BCUT2D eigenvalue weighted by molar-refractivity contribution is 5.77. The third-order valence-corrected chi connectivity index (χ3v) is 4.42. The molecule has 0 fully saturated rings. The Morgan fingerprint density at radius 1 is 1.14 bits per heavy atom. The molecule has 0 aliphatic rings. The molecule has 29 heavy (non-hydrogen) atoms. The van der Waals surface area contributed by atoms with Gasteiger partial charge in [0.1, 0.15) is 12.4 Å². The van der Waals surface area contributed by atoms with E-state index >= 15 is 0 Å². The van der Waals surface area contributed by atoms with E-state index < -0.39 is 0 Å². The fraction of sp³-hybridized carbons (Fsp3) is 0.318. The monoisotopic (exact) mass is 397 g/mol. The number of rotatable bonds is 9. The quantitative estimate of drug-likeness (QED) is 0.548. The Hall–Kier alpha value is -3.06. The molecule has 1 aromatic heterocycles. The molecule has 0 spiro atoms. The highest BCUT2D eigenvalue weighted by Crippen LogP contribution is 2.16. The molecule has 0 radical (unpaired) electrons. The lowest BCUT2D eigenvalue weighted by molar-refractivity contribution is -0.138. The van der Waals surface area contributed by atoms with Gasteiger partial charge in [-0.2, -0.15) is 4.98 Å². The van der Waals surface area contributed by atoms with Crippen molar-refractivity contribution < 1.29 is 18.4 Å². The molecule has 0 unspecified atom stereocenters. The molecule has 0 aliphatic carbocycles. The van der Waals surface area contributed by atoms with Crippen LogP contribution in [0, 0.1) is 5.82 Å². The largest absolute Gasteiger partial charge is 0.367 e. The Morgan fingerprint density at radius 3 is 2.55 bits per heavy atom. The molecule has 1 amide bonds. The molecule has 0 aliphatic heterocycles. The summed E-state index contributed by atoms with van der Waals surface area (Å²) in [5.74, 6) is 0.411. The van der Waals surface area contributed by atoms with Gasteiger partial charge in [-0.05, 0) is 43.7 Å². The second kappa shape index (κ2) is 9.93. The van der Waals surface area contributed by atoms with Gasteiger partial charge in [-0.25, -0.2) is 4.39 Å². The number of benzene rings is 2. The van der Waals surface area contributed by atoms with Crippen LogP contribution in [0.4, 0.5) is 4.39 Å². The van der Waals surface area contributed by atoms with E-state index in [-0.39, 0.29) is 24.4 Å². The first kappa shape index (κ1) is 20.7. The van der Waals surface area contributed by atoms with E-state index in [1.807, 2.05) is 44.2 Å². The van der Waals surface area contributed by atoms with Crippen molar-refractivity contribution in [2.24, 2.45) is 0 Å². The van der Waals surface area contributed by atoms with Crippen LogP contribution in [0.15, 0.2) is 59.1 Å². The predicted octanol–water partition coefficient (Wildman–Crippen LogP) is 3.87. The number of aromatic nitrogens is 2. The van der Waals surface area contributed by atoms with Crippen LogP contribution in [0.25, 0.3) is 11.4 Å². The van der Waals surface area contributed by atoms with Crippen molar-refractivity contribution in [2.45, 2.75) is 32.9 Å². The topological polar surface area (TPSA) is 68.5 Å². The van der Waals surface area contributed by atoms with Crippen LogP contribution in [-0.2, 0) is 22.6 Å². The summed E-state index contributed by atoms with van der Waals surface area (Å²) in [6, 6.07) is 15.6. The van der Waals surface area contributed by atoms with Crippen LogP contribution in [0.2, 0.25) is 0 Å². The Bertz CT molecular complexity index is 911. The zero-order valence-electron chi connectivity index (χ0n) is 16.5. The van der Waals surface area contributed by atoms with E-state index in [1.54, 1.807) is 17.0 Å². The molecular weight excluding hydrogens is 373 g/mol. The van der Waals surface area contributed by atoms with Crippen molar-refractivity contribution in [1.29, 1.82) is 0 Å². The number of halogens is 1. The Morgan fingerprint density at radius 2 is 1.86 bits per heavy atom. The Labute approximate surface area is 169 Å². The molecule has 2 aromatic carbocycles. The van der Waals surface area contributed by atoms with Gasteiger partial charge in [0.15, 0.2) is 0 Å². The van der Waals surface area contributed by atoms with Gasteiger partial charge in [0.25, 0.3) is 0 Å². The average Bonchev–Trinajstić information content (AvgIpc) is 3.18. The van der Waals surface area contributed by atoms with Gasteiger partial charge in [-0.15, -0.1) is 0 Å². The van der Waals surface area contributed by atoms with Crippen LogP contribution < -0.4 is 0 Å². The predicted molar refractivity (Wildman–Crippen MR) is 106 cm³/mol. The minimum absolute atomic E-state index is 0.0116.